The van der Waals surface area contributed by atoms with Crippen molar-refractivity contribution < 1.29 is 14.3 Å². The van der Waals surface area contributed by atoms with Crippen LogP contribution in [0.5, 0.6) is 11.5 Å². The van der Waals surface area contributed by atoms with Gasteiger partial charge in [-0.15, -0.1) is 12.4 Å². The zero-order chi connectivity index (χ0) is 14.4. The van der Waals surface area contributed by atoms with Crippen LogP contribution in [0.3, 0.4) is 0 Å². The zero-order valence-corrected chi connectivity index (χ0v) is 13.0. The third kappa shape index (κ3) is 5.81. The summed E-state index contributed by atoms with van der Waals surface area (Å²) in [5.74, 6) is 1.89. The molecule has 1 unspecified atom stereocenters. The molecule has 3 N–H and O–H groups in total. The third-order valence-corrected chi connectivity index (χ3v) is 3.42. The molecule has 6 heteroatoms. The number of rotatable bonds is 8. The highest BCUT2D eigenvalue weighted by atomic mass is 35.5. The molecule has 0 aliphatic heterocycles. The van der Waals surface area contributed by atoms with E-state index in [0.29, 0.717) is 37.0 Å². The Morgan fingerprint density at radius 1 is 1.38 bits per heavy atom. The zero-order valence-electron chi connectivity index (χ0n) is 12.2. The van der Waals surface area contributed by atoms with Crippen LogP contribution in [0.15, 0.2) is 24.3 Å². The number of para-hydroxylation sites is 2. The molecular weight excluding hydrogens is 292 g/mol. The predicted octanol–water partition coefficient (Wildman–Crippen LogP) is 1.74. The SMILES string of the molecule is COc1ccccc1OCCC(=O)NCC(N)C1CC1.Cl. The van der Waals surface area contributed by atoms with Gasteiger partial charge in [-0.3, -0.25) is 4.79 Å². The Kier molecular flexibility index (Phi) is 7.32. The molecule has 1 aromatic rings. The predicted molar refractivity (Wildman–Crippen MR) is 84.1 cm³/mol. The van der Waals surface area contributed by atoms with Crippen LogP contribution in [0.2, 0.25) is 0 Å². The fraction of sp³-hybridized carbons (Fsp3) is 0.533. The molecule has 1 fully saturated rings. The Bertz CT molecular complexity index is 452. The summed E-state index contributed by atoms with van der Waals surface area (Å²) in [6, 6.07) is 7.47. The van der Waals surface area contributed by atoms with Gasteiger partial charge in [-0.2, -0.15) is 0 Å². The Labute approximate surface area is 131 Å². The van der Waals surface area contributed by atoms with Crippen molar-refractivity contribution in [2.75, 3.05) is 20.3 Å². The molecule has 1 saturated carbocycles. The van der Waals surface area contributed by atoms with Gasteiger partial charge in [-0.1, -0.05) is 12.1 Å². The standard InChI is InChI=1S/C15H22N2O3.ClH/c1-19-13-4-2-3-5-14(13)20-9-8-15(18)17-10-12(16)11-6-7-11;/h2-5,11-12H,6-10,16H2,1H3,(H,17,18);1H. The van der Waals surface area contributed by atoms with E-state index in [4.69, 9.17) is 15.2 Å². The monoisotopic (exact) mass is 314 g/mol. The first-order valence-electron chi connectivity index (χ1n) is 6.99. The number of nitrogens with two attached hydrogens (primary N) is 1. The number of nitrogens with one attached hydrogen (secondary N) is 1. The summed E-state index contributed by atoms with van der Waals surface area (Å²) in [4.78, 5) is 11.7. The van der Waals surface area contributed by atoms with Crippen molar-refractivity contribution >= 4 is 18.3 Å². The fourth-order valence-electron chi connectivity index (χ4n) is 2.00. The van der Waals surface area contributed by atoms with Crippen LogP contribution in [0.4, 0.5) is 0 Å². The minimum Gasteiger partial charge on any atom is -0.493 e. The van der Waals surface area contributed by atoms with Gasteiger partial charge in [0.05, 0.1) is 20.1 Å². The van der Waals surface area contributed by atoms with E-state index in [2.05, 4.69) is 5.32 Å². The van der Waals surface area contributed by atoms with Gasteiger partial charge in [0.2, 0.25) is 5.91 Å². The second kappa shape index (κ2) is 8.74. The first kappa shape index (κ1) is 17.6. The minimum atomic E-state index is -0.0315. The molecule has 2 rings (SSSR count). The second-order valence-corrected chi connectivity index (χ2v) is 5.05. The number of carbonyl (C=O) groups is 1. The highest BCUT2D eigenvalue weighted by Crippen LogP contribution is 2.31. The van der Waals surface area contributed by atoms with E-state index < -0.39 is 0 Å². The first-order chi connectivity index (χ1) is 9.70. The van der Waals surface area contributed by atoms with E-state index >= 15 is 0 Å². The minimum absolute atomic E-state index is 0. The van der Waals surface area contributed by atoms with E-state index in [9.17, 15) is 4.79 Å². The van der Waals surface area contributed by atoms with Gasteiger partial charge < -0.3 is 20.5 Å². The van der Waals surface area contributed by atoms with Crippen LogP contribution in [-0.2, 0) is 4.79 Å². The maximum atomic E-state index is 11.7. The molecule has 0 aromatic heterocycles. The smallest absolute Gasteiger partial charge is 0.223 e. The third-order valence-electron chi connectivity index (χ3n) is 3.42. The number of methoxy groups -OCH3 is 1. The summed E-state index contributed by atoms with van der Waals surface area (Å²) in [7, 11) is 1.59. The van der Waals surface area contributed by atoms with Gasteiger partial charge in [0, 0.05) is 12.6 Å². The van der Waals surface area contributed by atoms with Crippen molar-refractivity contribution in [1.29, 1.82) is 0 Å². The Morgan fingerprint density at radius 2 is 2.05 bits per heavy atom. The van der Waals surface area contributed by atoms with E-state index in [1.165, 1.54) is 12.8 Å². The van der Waals surface area contributed by atoms with Crippen LogP contribution in [0, 0.1) is 5.92 Å². The Morgan fingerprint density at radius 3 is 2.67 bits per heavy atom. The number of hydrogen-bond donors (Lipinski definition) is 2. The Hall–Kier alpha value is -1.46. The van der Waals surface area contributed by atoms with Crippen molar-refractivity contribution in [1.82, 2.24) is 5.32 Å². The fourth-order valence-corrected chi connectivity index (χ4v) is 2.00. The quantitative estimate of drug-likeness (QED) is 0.766. The molecular formula is C15H23ClN2O3. The van der Waals surface area contributed by atoms with Crippen LogP contribution < -0.4 is 20.5 Å². The van der Waals surface area contributed by atoms with Crippen molar-refractivity contribution in [3.05, 3.63) is 24.3 Å². The van der Waals surface area contributed by atoms with Crippen molar-refractivity contribution in [3.63, 3.8) is 0 Å². The van der Waals surface area contributed by atoms with Crippen LogP contribution in [0.25, 0.3) is 0 Å². The number of carbonyl (C=O) groups excluding carboxylic acids is 1. The average Bonchev–Trinajstić information content (AvgIpc) is 3.30. The summed E-state index contributed by atoms with van der Waals surface area (Å²) in [6.07, 6.45) is 2.69. The lowest BCUT2D eigenvalue weighted by molar-refractivity contribution is -0.121. The summed E-state index contributed by atoms with van der Waals surface area (Å²) >= 11 is 0. The van der Waals surface area contributed by atoms with Crippen molar-refractivity contribution in [2.45, 2.75) is 25.3 Å². The van der Waals surface area contributed by atoms with Gasteiger partial charge >= 0.3 is 0 Å². The van der Waals surface area contributed by atoms with Gasteiger partial charge in [0.15, 0.2) is 11.5 Å². The lowest BCUT2D eigenvalue weighted by Gasteiger charge is -2.12. The summed E-state index contributed by atoms with van der Waals surface area (Å²) in [5, 5.41) is 2.84. The normalized spacial score (nSPS) is 14.8. The van der Waals surface area contributed by atoms with Gasteiger partial charge in [-0.05, 0) is 30.9 Å². The van der Waals surface area contributed by atoms with Crippen LogP contribution >= 0.6 is 12.4 Å². The molecule has 5 nitrogen and oxygen atoms in total. The van der Waals surface area contributed by atoms with E-state index in [1.54, 1.807) is 7.11 Å². The van der Waals surface area contributed by atoms with Crippen molar-refractivity contribution in [3.8, 4) is 11.5 Å². The van der Waals surface area contributed by atoms with E-state index in [0.717, 1.165) is 0 Å². The first-order valence-corrected chi connectivity index (χ1v) is 6.99. The molecule has 1 aliphatic carbocycles. The summed E-state index contributed by atoms with van der Waals surface area (Å²) in [5.41, 5.74) is 5.92. The highest BCUT2D eigenvalue weighted by molar-refractivity contribution is 5.85. The number of amides is 1. The molecule has 1 atom stereocenters. The number of hydrogen-bond acceptors (Lipinski definition) is 4. The molecule has 0 heterocycles. The highest BCUT2D eigenvalue weighted by Gasteiger charge is 2.28. The molecule has 0 bridgehead atoms. The lowest BCUT2D eigenvalue weighted by Crippen LogP contribution is -2.38. The molecule has 0 radical (unpaired) electrons. The molecule has 1 amide bonds. The largest absolute Gasteiger partial charge is 0.493 e. The molecule has 21 heavy (non-hydrogen) atoms. The summed E-state index contributed by atoms with van der Waals surface area (Å²) in [6.45, 7) is 0.878. The van der Waals surface area contributed by atoms with E-state index in [-0.39, 0.29) is 24.4 Å². The van der Waals surface area contributed by atoms with Gasteiger partial charge in [0.1, 0.15) is 0 Å². The molecule has 1 aliphatic rings. The van der Waals surface area contributed by atoms with Gasteiger partial charge in [-0.25, -0.2) is 0 Å². The van der Waals surface area contributed by atoms with Crippen molar-refractivity contribution in [2.24, 2.45) is 11.7 Å². The summed E-state index contributed by atoms with van der Waals surface area (Å²) < 4.78 is 10.7. The van der Waals surface area contributed by atoms with Crippen LogP contribution in [0.1, 0.15) is 19.3 Å². The van der Waals surface area contributed by atoms with Crippen LogP contribution in [-0.4, -0.2) is 32.2 Å². The molecule has 0 saturated heterocycles. The topological polar surface area (TPSA) is 73.6 Å². The molecule has 1 aromatic carbocycles. The number of ether oxygens (including phenoxy) is 2. The Balaban J connectivity index is 0.00000220. The maximum Gasteiger partial charge on any atom is 0.223 e. The number of halogens is 1. The average molecular weight is 315 g/mol. The number of benzene rings is 1. The molecule has 0 spiro atoms. The molecule has 118 valence electrons. The van der Waals surface area contributed by atoms with Gasteiger partial charge in [0.25, 0.3) is 0 Å². The maximum absolute atomic E-state index is 11.7. The lowest BCUT2D eigenvalue weighted by atomic mass is 10.2. The second-order valence-electron chi connectivity index (χ2n) is 5.05. The van der Waals surface area contributed by atoms with E-state index in [1.807, 2.05) is 24.3 Å².